The summed E-state index contributed by atoms with van der Waals surface area (Å²) in [6.07, 6.45) is 5.41. The lowest BCUT2D eigenvalue weighted by atomic mass is 10.1. The predicted octanol–water partition coefficient (Wildman–Crippen LogP) is 1.99. The molecule has 1 aliphatic rings. The van der Waals surface area contributed by atoms with Gasteiger partial charge < -0.3 is 5.32 Å². The highest BCUT2D eigenvalue weighted by atomic mass is 32.1. The summed E-state index contributed by atoms with van der Waals surface area (Å²) in [5.74, 6) is 1.00. The molecule has 1 saturated carbocycles. The zero-order valence-corrected chi connectivity index (χ0v) is 8.68. The lowest BCUT2D eigenvalue weighted by Crippen LogP contribution is -2.16. The standard InChI is InChI=1S/C9H15N3S/c1-10-8(5-4-7-2-3-7)9-6-13-12-11-9/h6-8,10H,2-5H2,1H3. The fourth-order valence-electron chi connectivity index (χ4n) is 1.57. The van der Waals surface area contributed by atoms with Crippen molar-refractivity contribution in [3.8, 4) is 0 Å². The van der Waals surface area contributed by atoms with Crippen LogP contribution < -0.4 is 5.32 Å². The molecule has 1 aromatic rings. The van der Waals surface area contributed by atoms with Gasteiger partial charge in [-0.25, -0.2) is 0 Å². The Bertz CT molecular complexity index is 243. The van der Waals surface area contributed by atoms with Crippen LogP contribution in [0, 0.1) is 5.92 Å². The minimum absolute atomic E-state index is 0.416. The molecule has 1 aliphatic carbocycles. The van der Waals surface area contributed by atoms with Crippen molar-refractivity contribution in [1.29, 1.82) is 0 Å². The van der Waals surface area contributed by atoms with Gasteiger partial charge in [-0.2, -0.15) is 0 Å². The van der Waals surface area contributed by atoms with E-state index in [1.807, 2.05) is 12.4 Å². The molecule has 72 valence electrons. The molecule has 1 atom stereocenters. The van der Waals surface area contributed by atoms with Crippen molar-refractivity contribution in [2.24, 2.45) is 5.92 Å². The molecule has 0 aromatic carbocycles. The Hall–Kier alpha value is -0.480. The topological polar surface area (TPSA) is 37.8 Å². The Morgan fingerprint density at radius 3 is 3.08 bits per heavy atom. The van der Waals surface area contributed by atoms with E-state index in [9.17, 15) is 0 Å². The third kappa shape index (κ3) is 2.48. The maximum absolute atomic E-state index is 4.09. The second kappa shape index (κ2) is 4.15. The molecule has 1 unspecified atom stereocenters. The smallest absolute Gasteiger partial charge is 0.0924 e. The van der Waals surface area contributed by atoms with E-state index in [0.29, 0.717) is 6.04 Å². The van der Waals surface area contributed by atoms with Crippen molar-refractivity contribution in [1.82, 2.24) is 14.9 Å². The third-order valence-corrected chi connectivity index (χ3v) is 3.17. The summed E-state index contributed by atoms with van der Waals surface area (Å²) in [5.41, 5.74) is 1.10. The van der Waals surface area contributed by atoms with E-state index >= 15 is 0 Å². The fourth-order valence-corrected chi connectivity index (χ4v) is 2.08. The van der Waals surface area contributed by atoms with Crippen LogP contribution in [0.5, 0.6) is 0 Å². The van der Waals surface area contributed by atoms with Gasteiger partial charge in [0.1, 0.15) is 0 Å². The van der Waals surface area contributed by atoms with E-state index in [0.717, 1.165) is 11.6 Å². The number of rotatable bonds is 5. The summed E-state index contributed by atoms with van der Waals surface area (Å²) in [4.78, 5) is 0. The fraction of sp³-hybridized carbons (Fsp3) is 0.778. The second-order valence-corrected chi connectivity index (χ2v) is 4.30. The van der Waals surface area contributed by atoms with E-state index in [4.69, 9.17) is 0 Å². The van der Waals surface area contributed by atoms with Gasteiger partial charge in [-0.15, -0.1) is 5.10 Å². The van der Waals surface area contributed by atoms with E-state index in [1.54, 1.807) is 0 Å². The van der Waals surface area contributed by atoms with Crippen LogP contribution in [0.25, 0.3) is 0 Å². The molecule has 0 spiro atoms. The Kier molecular flexibility index (Phi) is 2.90. The van der Waals surface area contributed by atoms with Gasteiger partial charge in [-0.05, 0) is 37.3 Å². The van der Waals surface area contributed by atoms with Gasteiger partial charge in [-0.1, -0.05) is 17.3 Å². The first-order valence-electron chi connectivity index (χ1n) is 4.84. The maximum Gasteiger partial charge on any atom is 0.0924 e. The number of hydrogen-bond donors (Lipinski definition) is 1. The van der Waals surface area contributed by atoms with Crippen LogP contribution in [0.1, 0.15) is 37.4 Å². The largest absolute Gasteiger partial charge is 0.312 e. The first-order valence-corrected chi connectivity index (χ1v) is 5.68. The summed E-state index contributed by atoms with van der Waals surface area (Å²) in [7, 11) is 2.00. The minimum Gasteiger partial charge on any atom is -0.312 e. The zero-order chi connectivity index (χ0) is 9.10. The van der Waals surface area contributed by atoms with Gasteiger partial charge in [0, 0.05) is 5.38 Å². The van der Waals surface area contributed by atoms with Gasteiger partial charge in [0.25, 0.3) is 0 Å². The van der Waals surface area contributed by atoms with Crippen molar-refractivity contribution in [2.45, 2.75) is 31.7 Å². The molecule has 0 radical (unpaired) electrons. The molecule has 0 amide bonds. The Balaban J connectivity index is 1.85. The van der Waals surface area contributed by atoms with Gasteiger partial charge in [-0.3, -0.25) is 0 Å². The van der Waals surface area contributed by atoms with E-state index in [2.05, 4.69) is 14.9 Å². The first-order chi connectivity index (χ1) is 6.40. The summed E-state index contributed by atoms with van der Waals surface area (Å²) >= 11 is 1.43. The average Bonchev–Trinajstić information content (AvgIpc) is 2.81. The van der Waals surface area contributed by atoms with Crippen LogP contribution in [0.4, 0.5) is 0 Å². The summed E-state index contributed by atoms with van der Waals surface area (Å²) in [6, 6.07) is 0.416. The number of aromatic nitrogens is 2. The van der Waals surface area contributed by atoms with Crippen molar-refractivity contribution in [3.05, 3.63) is 11.1 Å². The van der Waals surface area contributed by atoms with E-state index in [1.165, 1.54) is 37.2 Å². The molecular formula is C9H15N3S. The summed E-state index contributed by atoms with van der Waals surface area (Å²) in [5, 5.41) is 9.42. The molecule has 3 nitrogen and oxygen atoms in total. The first kappa shape index (κ1) is 9.09. The van der Waals surface area contributed by atoms with Crippen LogP contribution in [0.2, 0.25) is 0 Å². The Morgan fingerprint density at radius 2 is 2.54 bits per heavy atom. The van der Waals surface area contributed by atoms with Crippen LogP contribution >= 0.6 is 11.5 Å². The molecule has 1 N–H and O–H groups in total. The molecule has 0 bridgehead atoms. The average molecular weight is 197 g/mol. The monoisotopic (exact) mass is 197 g/mol. The highest BCUT2D eigenvalue weighted by molar-refractivity contribution is 7.03. The molecule has 1 fully saturated rings. The number of nitrogens with zero attached hydrogens (tertiary/aromatic N) is 2. The summed E-state index contributed by atoms with van der Waals surface area (Å²) < 4.78 is 3.89. The SMILES string of the molecule is CNC(CCC1CC1)c1csnn1. The van der Waals surface area contributed by atoms with E-state index < -0.39 is 0 Å². The summed E-state index contributed by atoms with van der Waals surface area (Å²) in [6.45, 7) is 0. The molecule has 1 heterocycles. The van der Waals surface area contributed by atoms with Crippen LogP contribution in [-0.2, 0) is 0 Å². The normalized spacial score (nSPS) is 18.8. The Morgan fingerprint density at radius 1 is 1.69 bits per heavy atom. The lowest BCUT2D eigenvalue weighted by molar-refractivity contribution is 0.495. The molecular weight excluding hydrogens is 182 g/mol. The lowest BCUT2D eigenvalue weighted by Gasteiger charge is -2.12. The molecule has 13 heavy (non-hydrogen) atoms. The number of nitrogens with one attached hydrogen (secondary N) is 1. The molecule has 1 aromatic heterocycles. The quantitative estimate of drug-likeness (QED) is 0.784. The molecule has 4 heteroatoms. The van der Waals surface area contributed by atoms with Crippen LogP contribution in [0.3, 0.4) is 0 Å². The van der Waals surface area contributed by atoms with Gasteiger partial charge in [0.05, 0.1) is 11.7 Å². The van der Waals surface area contributed by atoms with Crippen molar-refractivity contribution in [3.63, 3.8) is 0 Å². The number of hydrogen-bond acceptors (Lipinski definition) is 4. The van der Waals surface area contributed by atoms with Crippen LogP contribution in [0.15, 0.2) is 5.38 Å². The Labute approximate surface area is 82.7 Å². The zero-order valence-electron chi connectivity index (χ0n) is 7.86. The van der Waals surface area contributed by atoms with Gasteiger partial charge in [0.15, 0.2) is 0 Å². The van der Waals surface area contributed by atoms with Crippen molar-refractivity contribution >= 4 is 11.5 Å². The van der Waals surface area contributed by atoms with E-state index in [-0.39, 0.29) is 0 Å². The minimum atomic E-state index is 0.416. The third-order valence-electron chi connectivity index (χ3n) is 2.64. The second-order valence-electron chi connectivity index (χ2n) is 3.69. The van der Waals surface area contributed by atoms with Gasteiger partial charge >= 0.3 is 0 Å². The van der Waals surface area contributed by atoms with Gasteiger partial charge in [0.2, 0.25) is 0 Å². The van der Waals surface area contributed by atoms with Crippen molar-refractivity contribution < 1.29 is 0 Å². The highest BCUT2D eigenvalue weighted by Crippen LogP contribution is 2.35. The molecule has 2 rings (SSSR count). The van der Waals surface area contributed by atoms with Crippen LogP contribution in [-0.4, -0.2) is 16.6 Å². The molecule has 0 aliphatic heterocycles. The highest BCUT2D eigenvalue weighted by Gasteiger charge is 2.23. The van der Waals surface area contributed by atoms with Crippen molar-refractivity contribution in [2.75, 3.05) is 7.05 Å². The molecule has 0 saturated heterocycles. The maximum atomic E-state index is 4.09. The predicted molar refractivity (Wildman–Crippen MR) is 53.7 cm³/mol.